The van der Waals surface area contributed by atoms with Gasteiger partial charge in [-0.05, 0) is 50.7 Å². The number of nitrogens with zero attached hydrogens (tertiary/aromatic N) is 1. The highest BCUT2D eigenvalue weighted by molar-refractivity contribution is 5.99. The van der Waals surface area contributed by atoms with Crippen LogP contribution in [0, 0.1) is 6.92 Å². The van der Waals surface area contributed by atoms with Gasteiger partial charge in [-0.3, -0.25) is 9.69 Å². The van der Waals surface area contributed by atoms with E-state index in [4.69, 9.17) is 14.2 Å². The van der Waals surface area contributed by atoms with E-state index in [1.165, 1.54) is 11.1 Å². The summed E-state index contributed by atoms with van der Waals surface area (Å²) in [5.74, 6) is 1.79. The molecule has 5 nitrogen and oxygen atoms in total. The van der Waals surface area contributed by atoms with Crippen molar-refractivity contribution in [3.63, 3.8) is 0 Å². The number of ketones is 1. The first-order chi connectivity index (χ1) is 15.6. The maximum atomic E-state index is 12.7. The molecule has 0 N–H and O–H groups in total. The molecule has 1 saturated heterocycles. The van der Waals surface area contributed by atoms with E-state index in [-0.39, 0.29) is 5.78 Å². The van der Waals surface area contributed by atoms with Crippen LogP contribution < -0.4 is 9.47 Å². The Morgan fingerprint density at radius 2 is 1.81 bits per heavy atom. The lowest BCUT2D eigenvalue weighted by Crippen LogP contribution is -2.38. The normalized spacial score (nSPS) is 15.9. The number of hydrogen-bond acceptors (Lipinski definition) is 5. The molecule has 2 aromatic rings. The van der Waals surface area contributed by atoms with Crippen molar-refractivity contribution in [2.45, 2.75) is 46.0 Å². The quantitative estimate of drug-likeness (QED) is 0.407. The summed E-state index contributed by atoms with van der Waals surface area (Å²) in [6.45, 7) is 9.19. The number of benzene rings is 2. The van der Waals surface area contributed by atoms with Gasteiger partial charge in [0.25, 0.3) is 0 Å². The summed E-state index contributed by atoms with van der Waals surface area (Å²) in [7, 11) is 0. The summed E-state index contributed by atoms with van der Waals surface area (Å²) >= 11 is 0. The average Bonchev–Trinajstić information content (AvgIpc) is 3.30. The Morgan fingerprint density at radius 1 is 1.06 bits per heavy atom. The molecule has 2 aromatic carbocycles. The van der Waals surface area contributed by atoms with E-state index in [0.29, 0.717) is 13.2 Å². The van der Waals surface area contributed by atoms with Crippen molar-refractivity contribution in [2.24, 2.45) is 0 Å². The first-order valence-corrected chi connectivity index (χ1v) is 11.9. The molecule has 0 amide bonds. The second-order valence-electron chi connectivity index (χ2n) is 8.77. The predicted octanol–water partition coefficient (Wildman–Crippen LogP) is 4.41. The number of morpholine rings is 1. The monoisotopic (exact) mass is 437 g/mol. The van der Waals surface area contributed by atoms with Crippen LogP contribution in [0.25, 0.3) is 0 Å². The van der Waals surface area contributed by atoms with E-state index in [1.807, 2.05) is 6.92 Å². The highest BCUT2D eigenvalue weighted by Gasteiger charge is 2.28. The summed E-state index contributed by atoms with van der Waals surface area (Å²) in [6, 6.07) is 10.6. The van der Waals surface area contributed by atoms with Gasteiger partial charge in [0.15, 0.2) is 5.78 Å². The molecule has 5 heteroatoms. The molecule has 0 radical (unpaired) electrons. The molecule has 2 heterocycles. The summed E-state index contributed by atoms with van der Waals surface area (Å²) in [5.41, 5.74) is 5.41. The predicted molar refractivity (Wildman–Crippen MR) is 126 cm³/mol. The number of aryl methyl sites for hydroxylation is 1. The van der Waals surface area contributed by atoms with Crippen LogP contribution in [0.15, 0.2) is 30.3 Å². The minimum atomic E-state index is 0.0732. The molecule has 4 rings (SSSR count). The van der Waals surface area contributed by atoms with Crippen LogP contribution in [-0.4, -0.2) is 56.7 Å². The third kappa shape index (κ3) is 5.33. The third-order valence-electron chi connectivity index (χ3n) is 6.57. The van der Waals surface area contributed by atoms with Crippen LogP contribution in [0.2, 0.25) is 0 Å². The lowest BCUT2D eigenvalue weighted by Gasteiger charge is -2.27. The number of hydrogen-bond donors (Lipinski definition) is 0. The van der Waals surface area contributed by atoms with Gasteiger partial charge < -0.3 is 14.2 Å². The number of fused-ring (bicyclic) bond motifs is 1. The molecule has 0 spiro atoms. The zero-order chi connectivity index (χ0) is 22.3. The summed E-state index contributed by atoms with van der Waals surface area (Å²) < 4.78 is 17.9. The van der Waals surface area contributed by atoms with Crippen LogP contribution >= 0.6 is 0 Å². The Hall–Kier alpha value is -2.37. The van der Waals surface area contributed by atoms with Gasteiger partial charge in [0.2, 0.25) is 0 Å². The van der Waals surface area contributed by atoms with Crippen molar-refractivity contribution in [3.8, 4) is 11.5 Å². The van der Waals surface area contributed by atoms with E-state index >= 15 is 0 Å². The minimum Gasteiger partial charge on any atom is -0.493 e. The molecule has 0 unspecified atom stereocenters. The molecular formula is C27H35NO4. The lowest BCUT2D eigenvalue weighted by atomic mass is 9.91. The number of Topliss-reactive ketones (excluding diaryl/α,β-unsaturated/α-hetero) is 1. The SMILES string of the molecule is CC(=O)c1c(C)c2c(c(CCCCc3ccccc3)c1OCCN1CCOCC1)OCC2. The Morgan fingerprint density at radius 3 is 2.56 bits per heavy atom. The van der Waals surface area contributed by atoms with Gasteiger partial charge in [-0.15, -0.1) is 0 Å². The van der Waals surface area contributed by atoms with E-state index in [9.17, 15) is 4.79 Å². The number of carbonyl (C=O) groups is 1. The summed E-state index contributed by atoms with van der Waals surface area (Å²) in [5, 5.41) is 0. The van der Waals surface area contributed by atoms with Gasteiger partial charge >= 0.3 is 0 Å². The molecule has 0 bridgehead atoms. The molecule has 2 aliphatic heterocycles. The standard InChI is InChI=1S/C27H35NO4/c1-20-23-12-16-31-26(23)24(11-7-6-10-22-8-4-3-5-9-22)27(25(20)21(2)29)32-19-15-28-13-17-30-18-14-28/h3-5,8-9H,6-7,10-19H2,1-2H3. The van der Waals surface area contributed by atoms with Crippen LogP contribution in [0.5, 0.6) is 11.5 Å². The van der Waals surface area contributed by atoms with Crippen LogP contribution in [0.3, 0.4) is 0 Å². The van der Waals surface area contributed by atoms with Gasteiger partial charge in [0.1, 0.15) is 18.1 Å². The summed E-state index contributed by atoms with van der Waals surface area (Å²) in [6.07, 6.45) is 4.91. The number of carbonyl (C=O) groups excluding carboxylic acids is 1. The fraction of sp³-hybridized carbons (Fsp3) is 0.519. The van der Waals surface area contributed by atoms with Gasteiger partial charge in [0.05, 0.1) is 25.4 Å². The lowest BCUT2D eigenvalue weighted by molar-refractivity contribution is 0.0321. The van der Waals surface area contributed by atoms with Crippen LogP contribution in [0.1, 0.15) is 52.4 Å². The molecular weight excluding hydrogens is 402 g/mol. The smallest absolute Gasteiger partial charge is 0.163 e. The van der Waals surface area contributed by atoms with Crippen molar-refractivity contribution >= 4 is 5.78 Å². The maximum absolute atomic E-state index is 12.7. The van der Waals surface area contributed by atoms with Gasteiger partial charge in [-0.1, -0.05) is 30.3 Å². The largest absolute Gasteiger partial charge is 0.493 e. The Balaban J connectivity index is 1.51. The van der Waals surface area contributed by atoms with Crippen molar-refractivity contribution in [3.05, 3.63) is 58.1 Å². The number of ether oxygens (including phenoxy) is 3. The second-order valence-corrected chi connectivity index (χ2v) is 8.77. The molecule has 2 aliphatic rings. The van der Waals surface area contributed by atoms with E-state index < -0.39 is 0 Å². The van der Waals surface area contributed by atoms with Gasteiger partial charge in [-0.25, -0.2) is 0 Å². The Labute approximate surface area is 191 Å². The van der Waals surface area contributed by atoms with Crippen molar-refractivity contribution in [2.75, 3.05) is 46.1 Å². The highest BCUT2D eigenvalue weighted by Crippen LogP contribution is 2.43. The van der Waals surface area contributed by atoms with Crippen molar-refractivity contribution < 1.29 is 19.0 Å². The topological polar surface area (TPSA) is 48.0 Å². The zero-order valence-electron chi connectivity index (χ0n) is 19.5. The minimum absolute atomic E-state index is 0.0732. The average molecular weight is 438 g/mol. The zero-order valence-corrected chi connectivity index (χ0v) is 19.5. The second kappa shape index (κ2) is 11.0. The molecule has 0 saturated carbocycles. The summed E-state index contributed by atoms with van der Waals surface area (Å²) in [4.78, 5) is 15.0. The maximum Gasteiger partial charge on any atom is 0.163 e. The Bertz CT molecular complexity index is 919. The van der Waals surface area contributed by atoms with Crippen LogP contribution in [-0.2, 0) is 24.0 Å². The van der Waals surface area contributed by atoms with E-state index in [1.54, 1.807) is 6.92 Å². The van der Waals surface area contributed by atoms with Crippen LogP contribution in [0.4, 0.5) is 0 Å². The fourth-order valence-electron chi connectivity index (χ4n) is 4.85. The molecule has 0 aromatic heterocycles. The van der Waals surface area contributed by atoms with Crippen molar-refractivity contribution in [1.82, 2.24) is 4.90 Å². The van der Waals surface area contributed by atoms with Gasteiger partial charge in [-0.2, -0.15) is 0 Å². The highest BCUT2D eigenvalue weighted by atomic mass is 16.5. The van der Waals surface area contributed by atoms with Crippen molar-refractivity contribution in [1.29, 1.82) is 0 Å². The van der Waals surface area contributed by atoms with E-state index in [0.717, 1.165) is 93.1 Å². The number of rotatable bonds is 10. The fourth-order valence-corrected chi connectivity index (χ4v) is 4.85. The number of unbranched alkanes of at least 4 members (excludes halogenated alkanes) is 1. The van der Waals surface area contributed by atoms with Gasteiger partial charge in [0, 0.05) is 37.2 Å². The third-order valence-corrected chi connectivity index (χ3v) is 6.57. The Kier molecular flexibility index (Phi) is 7.82. The molecule has 32 heavy (non-hydrogen) atoms. The first-order valence-electron chi connectivity index (χ1n) is 11.9. The first kappa shape index (κ1) is 22.8. The molecule has 0 atom stereocenters. The molecule has 0 aliphatic carbocycles. The van der Waals surface area contributed by atoms with E-state index in [2.05, 4.69) is 35.2 Å². The molecule has 1 fully saturated rings. The molecule has 172 valence electrons.